The molecule has 1 aromatic carbocycles. The first-order chi connectivity index (χ1) is 7.69. The second-order valence-corrected chi connectivity index (χ2v) is 4.33. The van der Waals surface area contributed by atoms with Gasteiger partial charge in [-0.15, -0.1) is 0 Å². The van der Waals surface area contributed by atoms with Gasteiger partial charge in [0.15, 0.2) is 11.5 Å². The number of nitrogens with two attached hydrogens (primary N) is 1. The highest BCUT2D eigenvalue weighted by Gasteiger charge is 2.09. The average Bonchev–Trinajstić information content (AvgIpc) is 2.59. The highest BCUT2D eigenvalue weighted by atomic mass is 16.3. The zero-order chi connectivity index (χ0) is 11.5. The van der Waals surface area contributed by atoms with E-state index >= 15 is 0 Å². The number of benzene rings is 1. The van der Waals surface area contributed by atoms with Gasteiger partial charge in [0.25, 0.3) is 0 Å². The van der Waals surface area contributed by atoms with Crippen LogP contribution in [0.3, 0.4) is 0 Å². The number of aromatic nitrogens is 1. The Morgan fingerprint density at radius 3 is 3.00 bits per heavy atom. The zero-order valence-corrected chi connectivity index (χ0v) is 9.86. The van der Waals surface area contributed by atoms with Gasteiger partial charge in [-0.2, -0.15) is 0 Å². The lowest BCUT2D eigenvalue weighted by Gasteiger charge is -2.05. The van der Waals surface area contributed by atoms with E-state index < -0.39 is 0 Å². The minimum Gasteiger partial charge on any atom is -0.441 e. The Morgan fingerprint density at radius 1 is 1.44 bits per heavy atom. The molecule has 86 valence electrons. The summed E-state index contributed by atoms with van der Waals surface area (Å²) < 4.78 is 5.65. The number of aryl methyl sites for hydroxylation is 1. The summed E-state index contributed by atoms with van der Waals surface area (Å²) in [5.41, 5.74) is 8.95. The first-order valence-electron chi connectivity index (χ1n) is 5.80. The summed E-state index contributed by atoms with van der Waals surface area (Å²) in [5, 5.41) is 0. The molecule has 3 heteroatoms. The molecule has 0 aliphatic carbocycles. The van der Waals surface area contributed by atoms with E-state index in [-0.39, 0.29) is 6.04 Å². The molecule has 0 amide bonds. The van der Waals surface area contributed by atoms with Crippen LogP contribution in [0.1, 0.15) is 31.2 Å². The third kappa shape index (κ3) is 2.42. The molecule has 2 aromatic rings. The minimum atomic E-state index is 0.152. The highest BCUT2D eigenvalue weighted by Crippen LogP contribution is 2.18. The van der Waals surface area contributed by atoms with Crippen LogP contribution in [0.25, 0.3) is 11.1 Å². The zero-order valence-electron chi connectivity index (χ0n) is 9.86. The van der Waals surface area contributed by atoms with Crippen molar-refractivity contribution in [3.05, 3.63) is 29.7 Å². The van der Waals surface area contributed by atoms with Crippen LogP contribution >= 0.6 is 0 Å². The Labute approximate surface area is 95.7 Å². The quantitative estimate of drug-likeness (QED) is 0.858. The highest BCUT2D eigenvalue weighted by molar-refractivity contribution is 5.73. The van der Waals surface area contributed by atoms with Crippen molar-refractivity contribution in [2.24, 2.45) is 5.73 Å². The minimum absolute atomic E-state index is 0.152. The largest absolute Gasteiger partial charge is 0.441 e. The van der Waals surface area contributed by atoms with E-state index in [9.17, 15) is 0 Å². The van der Waals surface area contributed by atoms with Crippen molar-refractivity contribution in [1.82, 2.24) is 4.98 Å². The van der Waals surface area contributed by atoms with Gasteiger partial charge in [-0.05, 0) is 31.0 Å². The summed E-state index contributed by atoms with van der Waals surface area (Å²) in [6.07, 6.45) is 2.83. The molecule has 0 spiro atoms. The summed E-state index contributed by atoms with van der Waals surface area (Å²) in [4.78, 5) is 4.45. The fourth-order valence-electron chi connectivity index (χ4n) is 1.87. The molecule has 0 saturated heterocycles. The molecule has 1 aromatic heterocycles. The fraction of sp³-hybridized carbons (Fsp3) is 0.462. The second kappa shape index (κ2) is 4.66. The molecule has 0 saturated carbocycles. The van der Waals surface area contributed by atoms with Crippen LogP contribution in [0.5, 0.6) is 0 Å². The Hall–Kier alpha value is -1.35. The molecule has 0 bridgehead atoms. The lowest BCUT2D eigenvalue weighted by atomic mass is 10.1. The summed E-state index contributed by atoms with van der Waals surface area (Å²) >= 11 is 0. The number of hydrogen-bond donors (Lipinski definition) is 1. The number of oxazole rings is 1. The van der Waals surface area contributed by atoms with Crippen molar-refractivity contribution in [2.45, 2.75) is 39.2 Å². The maximum atomic E-state index is 5.97. The van der Waals surface area contributed by atoms with Crippen LogP contribution in [-0.2, 0) is 6.42 Å². The van der Waals surface area contributed by atoms with Crippen molar-refractivity contribution in [1.29, 1.82) is 0 Å². The molecule has 0 radical (unpaired) electrons. The van der Waals surface area contributed by atoms with E-state index in [4.69, 9.17) is 10.2 Å². The second-order valence-electron chi connectivity index (χ2n) is 4.33. The van der Waals surface area contributed by atoms with Gasteiger partial charge in [0, 0.05) is 12.5 Å². The molecule has 3 nitrogen and oxygen atoms in total. The number of nitrogens with zero attached hydrogens (tertiary/aromatic N) is 1. The Kier molecular flexibility index (Phi) is 3.25. The van der Waals surface area contributed by atoms with Crippen molar-refractivity contribution < 1.29 is 4.42 Å². The van der Waals surface area contributed by atoms with Crippen LogP contribution < -0.4 is 5.73 Å². The molecule has 0 fully saturated rings. The molecule has 0 aliphatic rings. The van der Waals surface area contributed by atoms with Gasteiger partial charge < -0.3 is 10.2 Å². The number of rotatable bonds is 4. The molecule has 2 N–H and O–H groups in total. The molecule has 1 unspecified atom stereocenters. The van der Waals surface area contributed by atoms with E-state index in [0.717, 1.165) is 36.3 Å². The standard InChI is InChI=1S/C13H18N2O/c1-3-4-10(14)8-13-15-11-7-9(2)5-6-12(11)16-13/h5-7,10H,3-4,8,14H2,1-2H3. The van der Waals surface area contributed by atoms with E-state index in [0.29, 0.717) is 0 Å². The fourth-order valence-corrected chi connectivity index (χ4v) is 1.87. The summed E-state index contributed by atoms with van der Waals surface area (Å²) in [6.45, 7) is 4.19. The molecule has 2 rings (SSSR count). The lowest BCUT2D eigenvalue weighted by Crippen LogP contribution is -2.22. The smallest absolute Gasteiger partial charge is 0.197 e. The number of hydrogen-bond acceptors (Lipinski definition) is 3. The normalized spacial score (nSPS) is 13.2. The van der Waals surface area contributed by atoms with Crippen molar-refractivity contribution in [3.8, 4) is 0 Å². The van der Waals surface area contributed by atoms with Crippen LogP contribution in [0.4, 0.5) is 0 Å². The van der Waals surface area contributed by atoms with Gasteiger partial charge in [-0.25, -0.2) is 4.98 Å². The Balaban J connectivity index is 2.19. The van der Waals surface area contributed by atoms with Crippen molar-refractivity contribution >= 4 is 11.1 Å². The molecule has 1 atom stereocenters. The van der Waals surface area contributed by atoms with Gasteiger partial charge in [-0.3, -0.25) is 0 Å². The topological polar surface area (TPSA) is 52.0 Å². The third-order valence-corrected chi connectivity index (χ3v) is 2.68. The third-order valence-electron chi connectivity index (χ3n) is 2.68. The first kappa shape index (κ1) is 11.1. The lowest BCUT2D eigenvalue weighted by molar-refractivity contribution is 0.481. The molecule has 0 aliphatic heterocycles. The molecular formula is C13H18N2O. The van der Waals surface area contributed by atoms with Gasteiger partial charge in [0.05, 0.1) is 0 Å². The monoisotopic (exact) mass is 218 g/mol. The van der Waals surface area contributed by atoms with Crippen LogP contribution in [0.2, 0.25) is 0 Å². The molecule has 1 heterocycles. The van der Waals surface area contributed by atoms with E-state index in [1.165, 1.54) is 5.56 Å². The van der Waals surface area contributed by atoms with Crippen LogP contribution in [-0.4, -0.2) is 11.0 Å². The first-order valence-corrected chi connectivity index (χ1v) is 5.80. The maximum Gasteiger partial charge on any atom is 0.197 e. The van der Waals surface area contributed by atoms with Crippen LogP contribution in [0.15, 0.2) is 22.6 Å². The van der Waals surface area contributed by atoms with Gasteiger partial charge in [0.2, 0.25) is 0 Å². The summed E-state index contributed by atoms with van der Waals surface area (Å²) in [6, 6.07) is 6.18. The average molecular weight is 218 g/mol. The van der Waals surface area contributed by atoms with Crippen LogP contribution in [0, 0.1) is 6.92 Å². The Bertz CT molecular complexity index is 476. The molecule has 16 heavy (non-hydrogen) atoms. The summed E-state index contributed by atoms with van der Waals surface area (Å²) in [5.74, 6) is 0.751. The number of fused-ring (bicyclic) bond motifs is 1. The predicted molar refractivity (Wildman–Crippen MR) is 65.3 cm³/mol. The van der Waals surface area contributed by atoms with Crippen molar-refractivity contribution in [2.75, 3.05) is 0 Å². The predicted octanol–water partition coefficient (Wildman–Crippen LogP) is 2.81. The maximum absolute atomic E-state index is 5.97. The Morgan fingerprint density at radius 2 is 2.25 bits per heavy atom. The summed E-state index contributed by atoms with van der Waals surface area (Å²) in [7, 11) is 0. The SMILES string of the molecule is CCCC(N)Cc1nc2cc(C)ccc2o1. The van der Waals surface area contributed by atoms with E-state index in [2.05, 4.69) is 18.8 Å². The van der Waals surface area contributed by atoms with E-state index in [1.807, 2.05) is 18.2 Å². The van der Waals surface area contributed by atoms with Gasteiger partial charge in [-0.1, -0.05) is 19.4 Å². The van der Waals surface area contributed by atoms with Gasteiger partial charge in [0.1, 0.15) is 5.52 Å². The van der Waals surface area contributed by atoms with Crippen molar-refractivity contribution in [3.63, 3.8) is 0 Å². The van der Waals surface area contributed by atoms with E-state index in [1.54, 1.807) is 0 Å². The van der Waals surface area contributed by atoms with Gasteiger partial charge >= 0.3 is 0 Å². The molecular weight excluding hydrogens is 200 g/mol.